The van der Waals surface area contributed by atoms with E-state index in [4.69, 9.17) is 4.74 Å². The zero-order chi connectivity index (χ0) is 22.4. The second-order valence-corrected chi connectivity index (χ2v) is 7.57. The fourth-order valence-corrected chi connectivity index (χ4v) is 3.76. The number of ether oxygens (including phenoxy) is 1. The van der Waals surface area contributed by atoms with Crippen LogP contribution in [0.2, 0.25) is 0 Å². The second kappa shape index (κ2) is 9.92. The lowest BCUT2D eigenvalue weighted by atomic mass is 10.0. The van der Waals surface area contributed by atoms with Crippen molar-refractivity contribution in [1.29, 1.82) is 0 Å². The lowest BCUT2D eigenvalue weighted by Gasteiger charge is -2.24. The van der Waals surface area contributed by atoms with E-state index in [0.717, 1.165) is 58.1 Å². The molecule has 1 aliphatic heterocycles. The molecule has 6 heteroatoms. The molecule has 1 saturated heterocycles. The van der Waals surface area contributed by atoms with E-state index in [0.29, 0.717) is 0 Å². The maximum Gasteiger partial charge on any atom is 0.199 e. The molecule has 1 aromatic carbocycles. The van der Waals surface area contributed by atoms with Crippen molar-refractivity contribution in [3.63, 3.8) is 0 Å². The fourth-order valence-electron chi connectivity index (χ4n) is 3.76. The predicted octanol–water partition coefficient (Wildman–Crippen LogP) is 4.16. The number of pyridine rings is 1. The first-order valence-corrected chi connectivity index (χ1v) is 10.5. The van der Waals surface area contributed by atoms with Crippen molar-refractivity contribution in [2.75, 3.05) is 25.5 Å². The number of rotatable bonds is 7. The number of benzene rings is 1. The molecule has 0 saturated carbocycles. The van der Waals surface area contributed by atoms with Crippen molar-refractivity contribution in [2.45, 2.75) is 33.5 Å². The molecule has 0 bridgehead atoms. The largest absolute Gasteiger partial charge is 0.496 e. The van der Waals surface area contributed by atoms with Crippen LogP contribution < -0.4 is 16.0 Å². The van der Waals surface area contributed by atoms with Crippen LogP contribution in [0.15, 0.2) is 71.8 Å². The molecule has 2 heterocycles. The molecule has 31 heavy (non-hydrogen) atoms. The summed E-state index contributed by atoms with van der Waals surface area (Å²) in [5.41, 5.74) is 5.91. The third kappa shape index (κ3) is 5.05. The summed E-state index contributed by atoms with van der Waals surface area (Å²) in [4.78, 5) is 4.63. The Morgan fingerprint density at radius 2 is 1.90 bits per heavy atom. The van der Waals surface area contributed by atoms with Gasteiger partial charge in [0.05, 0.1) is 7.11 Å². The van der Waals surface area contributed by atoms with Crippen LogP contribution in [0.25, 0.3) is 11.1 Å². The van der Waals surface area contributed by atoms with Gasteiger partial charge in [-0.05, 0) is 62.6 Å². The van der Waals surface area contributed by atoms with Gasteiger partial charge in [-0.15, -0.1) is 0 Å². The van der Waals surface area contributed by atoms with E-state index < -0.39 is 5.85 Å². The SMILES string of the molecule is C/C=C(C(/C)=C/Nc1ncc(-c2cccc(C3(O)NCCN3)c2)cc1C)\C(=C/C)OC. The van der Waals surface area contributed by atoms with Gasteiger partial charge in [-0.25, -0.2) is 4.98 Å². The fraction of sp³-hybridized carbons (Fsp3) is 0.320. The van der Waals surface area contributed by atoms with Crippen molar-refractivity contribution >= 4 is 5.82 Å². The second-order valence-electron chi connectivity index (χ2n) is 7.57. The molecule has 0 radical (unpaired) electrons. The standard InChI is InChI=1S/C25H32N4O2/c1-6-22(23(7-2)31-5)18(4)15-26-24-17(3)13-20(16-27-24)19-9-8-10-21(14-19)25(30)28-11-12-29-25/h6-10,13-16,28-30H,11-12H2,1-5H3,(H,26,27)/b18-15+,22-6-,23-7+. The Kier molecular flexibility index (Phi) is 7.28. The Bertz CT molecular complexity index is 1020. The quantitative estimate of drug-likeness (QED) is 0.398. The van der Waals surface area contributed by atoms with Crippen LogP contribution in [-0.2, 0) is 10.6 Å². The van der Waals surface area contributed by atoms with Gasteiger partial charge in [0, 0.05) is 42.2 Å². The highest BCUT2D eigenvalue weighted by molar-refractivity contribution is 5.67. The van der Waals surface area contributed by atoms with Crippen molar-refractivity contribution in [1.82, 2.24) is 15.6 Å². The Labute approximate surface area is 184 Å². The summed E-state index contributed by atoms with van der Waals surface area (Å²) < 4.78 is 5.45. The van der Waals surface area contributed by atoms with E-state index in [2.05, 4.69) is 27.0 Å². The van der Waals surface area contributed by atoms with Crippen LogP contribution in [0.1, 0.15) is 31.9 Å². The molecule has 1 fully saturated rings. The number of hydrogen-bond acceptors (Lipinski definition) is 6. The summed E-state index contributed by atoms with van der Waals surface area (Å²) in [5, 5.41) is 20.2. The normalized spacial score (nSPS) is 17.0. The maximum absolute atomic E-state index is 10.7. The molecule has 6 nitrogen and oxygen atoms in total. The van der Waals surface area contributed by atoms with Crippen molar-refractivity contribution < 1.29 is 9.84 Å². The van der Waals surface area contributed by atoms with E-state index >= 15 is 0 Å². The van der Waals surface area contributed by atoms with E-state index in [1.165, 1.54) is 0 Å². The molecule has 4 N–H and O–H groups in total. The number of aliphatic hydroxyl groups is 1. The third-order valence-electron chi connectivity index (χ3n) is 5.47. The first kappa shape index (κ1) is 22.7. The summed E-state index contributed by atoms with van der Waals surface area (Å²) in [6.45, 7) is 9.47. The number of aryl methyl sites for hydroxylation is 1. The van der Waals surface area contributed by atoms with Crippen LogP contribution in [0.5, 0.6) is 0 Å². The summed E-state index contributed by atoms with van der Waals surface area (Å²) in [5.74, 6) is 0.457. The van der Waals surface area contributed by atoms with Gasteiger partial charge in [-0.1, -0.05) is 24.3 Å². The molecule has 0 aliphatic carbocycles. The number of hydrogen-bond donors (Lipinski definition) is 4. The number of aromatic nitrogens is 1. The first-order chi connectivity index (χ1) is 14.9. The molecule has 0 amide bonds. The Hall–Kier alpha value is -2.93. The topological polar surface area (TPSA) is 78.4 Å². The van der Waals surface area contributed by atoms with E-state index in [9.17, 15) is 5.11 Å². The molecular formula is C25H32N4O2. The van der Waals surface area contributed by atoms with Crippen LogP contribution >= 0.6 is 0 Å². The highest BCUT2D eigenvalue weighted by atomic mass is 16.5. The molecular weight excluding hydrogens is 388 g/mol. The van der Waals surface area contributed by atoms with Crippen LogP contribution in [0.4, 0.5) is 5.82 Å². The number of methoxy groups -OCH3 is 1. The Balaban J connectivity index is 1.81. The van der Waals surface area contributed by atoms with E-state index in [1.54, 1.807) is 7.11 Å². The average Bonchev–Trinajstić information content (AvgIpc) is 3.24. The minimum Gasteiger partial charge on any atom is -0.496 e. The molecule has 3 rings (SSSR count). The summed E-state index contributed by atoms with van der Waals surface area (Å²) in [6.07, 6.45) is 7.78. The molecule has 0 unspecified atom stereocenters. The lowest BCUT2D eigenvalue weighted by Crippen LogP contribution is -2.45. The van der Waals surface area contributed by atoms with Gasteiger partial charge in [0.15, 0.2) is 5.85 Å². The van der Waals surface area contributed by atoms with Crippen molar-refractivity contribution in [3.8, 4) is 11.1 Å². The molecule has 164 valence electrons. The minimum absolute atomic E-state index is 0.726. The van der Waals surface area contributed by atoms with Gasteiger partial charge in [-0.2, -0.15) is 0 Å². The van der Waals surface area contributed by atoms with Crippen molar-refractivity contribution in [2.24, 2.45) is 0 Å². The number of anilines is 1. The highest BCUT2D eigenvalue weighted by Gasteiger charge is 2.32. The Morgan fingerprint density at radius 3 is 2.52 bits per heavy atom. The number of nitrogens with zero attached hydrogens (tertiary/aromatic N) is 1. The summed E-state index contributed by atoms with van der Waals surface area (Å²) in [7, 11) is 1.68. The molecule has 0 spiro atoms. The van der Waals surface area contributed by atoms with Crippen molar-refractivity contribution in [3.05, 3.63) is 82.9 Å². The summed E-state index contributed by atoms with van der Waals surface area (Å²) in [6, 6.07) is 9.97. The van der Waals surface area contributed by atoms with Gasteiger partial charge in [0.1, 0.15) is 11.6 Å². The molecule has 2 aromatic rings. The summed E-state index contributed by atoms with van der Waals surface area (Å²) >= 11 is 0. The van der Waals surface area contributed by atoms with Crippen LogP contribution in [-0.4, -0.2) is 30.3 Å². The van der Waals surface area contributed by atoms with Gasteiger partial charge in [-0.3, -0.25) is 10.6 Å². The average molecular weight is 421 g/mol. The van der Waals surface area contributed by atoms with E-state index in [-0.39, 0.29) is 0 Å². The minimum atomic E-state index is -1.18. The number of allylic oxidation sites excluding steroid dienone is 3. The van der Waals surface area contributed by atoms with Gasteiger partial charge in [0.25, 0.3) is 0 Å². The Morgan fingerprint density at radius 1 is 1.16 bits per heavy atom. The zero-order valence-corrected chi connectivity index (χ0v) is 18.9. The maximum atomic E-state index is 10.7. The first-order valence-electron chi connectivity index (χ1n) is 10.5. The monoisotopic (exact) mass is 420 g/mol. The molecule has 0 atom stereocenters. The van der Waals surface area contributed by atoms with Gasteiger partial charge >= 0.3 is 0 Å². The van der Waals surface area contributed by atoms with Crippen LogP contribution in [0.3, 0.4) is 0 Å². The third-order valence-corrected chi connectivity index (χ3v) is 5.47. The predicted molar refractivity (Wildman–Crippen MR) is 126 cm³/mol. The lowest BCUT2D eigenvalue weighted by molar-refractivity contribution is -0.00236. The smallest absolute Gasteiger partial charge is 0.199 e. The van der Waals surface area contributed by atoms with Crippen LogP contribution in [0, 0.1) is 6.92 Å². The molecule has 1 aliphatic rings. The van der Waals surface area contributed by atoms with Gasteiger partial charge in [0.2, 0.25) is 0 Å². The molecule has 1 aromatic heterocycles. The highest BCUT2D eigenvalue weighted by Crippen LogP contribution is 2.27. The van der Waals surface area contributed by atoms with E-state index in [1.807, 2.05) is 76.5 Å². The number of nitrogens with one attached hydrogen (secondary N) is 3. The zero-order valence-electron chi connectivity index (χ0n) is 18.9. The van der Waals surface area contributed by atoms with Gasteiger partial charge < -0.3 is 15.2 Å².